The van der Waals surface area contributed by atoms with Gasteiger partial charge in [0.2, 0.25) is 5.91 Å². The van der Waals surface area contributed by atoms with Crippen LogP contribution in [0.5, 0.6) is 5.75 Å². The van der Waals surface area contributed by atoms with E-state index in [0.29, 0.717) is 38.4 Å². The zero-order valence-corrected chi connectivity index (χ0v) is 17.2. The van der Waals surface area contributed by atoms with Crippen LogP contribution in [0.3, 0.4) is 0 Å². The number of nitrogens with zero attached hydrogens (tertiary/aromatic N) is 2. The number of carbonyl (C=O) groups excluding carboxylic acids is 2. The lowest BCUT2D eigenvalue weighted by molar-refractivity contribution is -0.137. The highest BCUT2D eigenvalue weighted by molar-refractivity contribution is 5.97. The lowest BCUT2D eigenvalue weighted by Gasteiger charge is -2.35. The van der Waals surface area contributed by atoms with Gasteiger partial charge in [0.05, 0.1) is 11.5 Å². The summed E-state index contributed by atoms with van der Waals surface area (Å²) < 4.78 is 29.8. The minimum absolute atomic E-state index is 0. The largest absolute Gasteiger partial charge is 0.434 e. The third-order valence-corrected chi connectivity index (χ3v) is 5.67. The average molecular weight is 432 g/mol. The molecule has 6 nitrogen and oxygen atoms in total. The van der Waals surface area contributed by atoms with Gasteiger partial charge in [-0.05, 0) is 50.8 Å². The van der Waals surface area contributed by atoms with E-state index in [1.165, 1.54) is 12.1 Å². The van der Waals surface area contributed by atoms with Crippen LogP contribution in [0.4, 0.5) is 8.78 Å². The molecular formula is C20H28ClF2N3O3. The molecule has 9 heteroatoms. The maximum Gasteiger partial charge on any atom is 0.387 e. The van der Waals surface area contributed by atoms with Gasteiger partial charge in [0.15, 0.2) is 0 Å². The van der Waals surface area contributed by atoms with E-state index in [-0.39, 0.29) is 54.0 Å². The summed E-state index contributed by atoms with van der Waals surface area (Å²) >= 11 is 0. The van der Waals surface area contributed by atoms with E-state index in [1.54, 1.807) is 17.0 Å². The summed E-state index contributed by atoms with van der Waals surface area (Å²) in [5, 5.41) is 0. The second-order valence-corrected chi connectivity index (χ2v) is 7.64. The Morgan fingerprint density at radius 3 is 2.66 bits per heavy atom. The number of rotatable bonds is 5. The summed E-state index contributed by atoms with van der Waals surface area (Å²) in [6, 6.07) is 6.12. The Morgan fingerprint density at radius 1 is 1.28 bits per heavy atom. The van der Waals surface area contributed by atoms with Crippen LogP contribution in [0.25, 0.3) is 0 Å². The number of para-hydroxylation sites is 1. The summed E-state index contributed by atoms with van der Waals surface area (Å²) in [5.41, 5.74) is 5.85. The molecule has 162 valence electrons. The lowest BCUT2D eigenvalue weighted by Crippen LogP contribution is -2.47. The predicted molar refractivity (Wildman–Crippen MR) is 107 cm³/mol. The molecular weight excluding hydrogens is 404 g/mol. The van der Waals surface area contributed by atoms with Crippen molar-refractivity contribution >= 4 is 24.2 Å². The molecule has 2 aliphatic rings. The zero-order chi connectivity index (χ0) is 20.3. The van der Waals surface area contributed by atoms with Crippen molar-refractivity contribution in [3.05, 3.63) is 29.8 Å². The lowest BCUT2D eigenvalue weighted by atomic mass is 9.95. The highest BCUT2D eigenvalue weighted by Crippen LogP contribution is 2.29. The Bertz CT molecular complexity index is 722. The van der Waals surface area contributed by atoms with E-state index in [9.17, 15) is 18.4 Å². The Balaban J connectivity index is 0.00000300. The van der Waals surface area contributed by atoms with Crippen LogP contribution in [0.1, 0.15) is 36.5 Å². The third kappa shape index (κ3) is 5.36. The average Bonchev–Trinajstić information content (AvgIpc) is 3.08. The molecule has 2 heterocycles. The summed E-state index contributed by atoms with van der Waals surface area (Å²) in [4.78, 5) is 29.4. The smallest absolute Gasteiger partial charge is 0.387 e. The van der Waals surface area contributed by atoms with Crippen molar-refractivity contribution in [2.24, 2.45) is 17.6 Å². The molecule has 2 aliphatic heterocycles. The number of likely N-dealkylation sites (tertiary alicyclic amines) is 2. The van der Waals surface area contributed by atoms with Gasteiger partial charge in [-0.25, -0.2) is 0 Å². The Labute approximate surface area is 175 Å². The van der Waals surface area contributed by atoms with Crippen LogP contribution in [0.2, 0.25) is 0 Å². The quantitative estimate of drug-likeness (QED) is 0.777. The number of alkyl halides is 2. The van der Waals surface area contributed by atoms with E-state index in [1.807, 2.05) is 11.8 Å². The fraction of sp³-hybridized carbons (Fsp3) is 0.600. The van der Waals surface area contributed by atoms with Gasteiger partial charge in [0, 0.05) is 25.7 Å². The number of hydrogen-bond donors (Lipinski definition) is 1. The van der Waals surface area contributed by atoms with Gasteiger partial charge < -0.3 is 20.3 Å². The van der Waals surface area contributed by atoms with Gasteiger partial charge in [0.25, 0.3) is 5.91 Å². The number of benzene rings is 1. The van der Waals surface area contributed by atoms with Crippen LogP contribution < -0.4 is 10.5 Å². The van der Waals surface area contributed by atoms with Crippen molar-refractivity contribution in [2.75, 3.05) is 26.2 Å². The number of piperidine rings is 1. The maximum absolute atomic E-state index is 13.0. The number of ether oxygens (including phenoxy) is 1. The number of carbonyl (C=O) groups is 2. The first-order valence-corrected chi connectivity index (χ1v) is 9.74. The maximum atomic E-state index is 13.0. The number of amides is 2. The molecule has 3 unspecified atom stereocenters. The number of hydrogen-bond acceptors (Lipinski definition) is 4. The highest BCUT2D eigenvalue weighted by atomic mass is 35.5. The molecule has 2 fully saturated rings. The molecule has 0 radical (unpaired) electrons. The van der Waals surface area contributed by atoms with Crippen LogP contribution in [0.15, 0.2) is 24.3 Å². The monoisotopic (exact) mass is 431 g/mol. The summed E-state index contributed by atoms with van der Waals surface area (Å²) in [6.45, 7) is 1.02. The molecule has 2 amide bonds. The van der Waals surface area contributed by atoms with Crippen molar-refractivity contribution < 1.29 is 23.1 Å². The fourth-order valence-corrected chi connectivity index (χ4v) is 4.23. The standard InChI is InChI=1S/C20H27F2N3O3.ClH/c1-13-9-14(10-23)11-25(13)18(26)15-5-4-8-24(12-15)19(27)16-6-2-3-7-17(16)28-20(21)22;/h2-3,6-7,13-15,20H,4-5,8-12,23H2,1H3;1H. The first-order chi connectivity index (χ1) is 13.4. The fourth-order valence-electron chi connectivity index (χ4n) is 4.23. The second kappa shape index (κ2) is 10.2. The van der Waals surface area contributed by atoms with Crippen LogP contribution >= 0.6 is 12.4 Å². The molecule has 3 atom stereocenters. The molecule has 3 rings (SSSR count). The number of nitrogens with two attached hydrogens (primary N) is 1. The molecule has 0 saturated carbocycles. The predicted octanol–water partition coefficient (Wildman–Crippen LogP) is 2.76. The molecule has 0 aliphatic carbocycles. The van der Waals surface area contributed by atoms with Crippen molar-refractivity contribution in [3.63, 3.8) is 0 Å². The zero-order valence-electron chi connectivity index (χ0n) is 16.4. The van der Waals surface area contributed by atoms with E-state index in [4.69, 9.17) is 5.73 Å². The van der Waals surface area contributed by atoms with E-state index < -0.39 is 6.61 Å². The van der Waals surface area contributed by atoms with Crippen LogP contribution in [-0.4, -0.2) is 60.4 Å². The molecule has 0 spiro atoms. The summed E-state index contributed by atoms with van der Waals surface area (Å²) in [5.74, 6) is -0.436. The van der Waals surface area contributed by atoms with Crippen molar-refractivity contribution in [1.82, 2.24) is 9.80 Å². The molecule has 0 bridgehead atoms. The van der Waals surface area contributed by atoms with Gasteiger partial charge in [-0.3, -0.25) is 9.59 Å². The SMILES string of the molecule is CC1CC(CN)CN1C(=O)C1CCCN(C(=O)c2ccccc2OC(F)F)C1.Cl. The topological polar surface area (TPSA) is 75.9 Å². The first kappa shape index (κ1) is 23.3. The molecule has 1 aromatic carbocycles. The van der Waals surface area contributed by atoms with Crippen LogP contribution in [0, 0.1) is 11.8 Å². The van der Waals surface area contributed by atoms with Crippen molar-refractivity contribution in [2.45, 2.75) is 38.8 Å². The first-order valence-electron chi connectivity index (χ1n) is 9.74. The van der Waals surface area contributed by atoms with Crippen molar-refractivity contribution in [3.8, 4) is 5.75 Å². The molecule has 2 saturated heterocycles. The Hall–Kier alpha value is -1.93. The molecule has 0 aromatic heterocycles. The molecule has 2 N–H and O–H groups in total. The Kier molecular flexibility index (Phi) is 8.22. The van der Waals surface area contributed by atoms with Crippen molar-refractivity contribution in [1.29, 1.82) is 0 Å². The normalized spacial score (nSPS) is 24.4. The number of halogens is 3. The highest BCUT2D eigenvalue weighted by Gasteiger charge is 2.37. The van der Waals surface area contributed by atoms with E-state index in [2.05, 4.69) is 4.74 Å². The van der Waals surface area contributed by atoms with Gasteiger partial charge in [-0.15, -0.1) is 12.4 Å². The molecule has 1 aromatic rings. The Morgan fingerprint density at radius 2 is 2.00 bits per heavy atom. The summed E-state index contributed by atoms with van der Waals surface area (Å²) in [7, 11) is 0. The minimum Gasteiger partial charge on any atom is -0.434 e. The van der Waals surface area contributed by atoms with Gasteiger partial charge in [-0.2, -0.15) is 8.78 Å². The van der Waals surface area contributed by atoms with Gasteiger partial charge >= 0.3 is 6.61 Å². The minimum atomic E-state index is -3.00. The second-order valence-electron chi connectivity index (χ2n) is 7.64. The van der Waals surface area contributed by atoms with Gasteiger partial charge in [0.1, 0.15) is 5.75 Å². The van der Waals surface area contributed by atoms with E-state index in [0.717, 1.165) is 6.42 Å². The third-order valence-electron chi connectivity index (χ3n) is 5.67. The van der Waals surface area contributed by atoms with Gasteiger partial charge in [-0.1, -0.05) is 12.1 Å². The van der Waals surface area contributed by atoms with Crippen LogP contribution in [-0.2, 0) is 4.79 Å². The van der Waals surface area contributed by atoms with E-state index >= 15 is 0 Å². The molecule has 29 heavy (non-hydrogen) atoms. The summed E-state index contributed by atoms with van der Waals surface area (Å²) in [6.07, 6.45) is 2.31.